The molecule has 4 aromatic rings. The average Bonchev–Trinajstić information content (AvgIpc) is 2.74. The van der Waals surface area contributed by atoms with E-state index in [1.54, 1.807) is 49.4 Å². The lowest BCUT2D eigenvalue weighted by atomic mass is 10.1. The number of nitro groups is 1. The number of aryl methyl sites for hydroxylation is 1. The minimum atomic E-state index is -0.605. The van der Waals surface area contributed by atoms with Gasteiger partial charge in [-0.15, -0.1) is 0 Å². The van der Waals surface area contributed by atoms with Gasteiger partial charge in [-0.1, -0.05) is 29.8 Å². The number of nitrogens with one attached hydrogen (secondary N) is 1. The van der Waals surface area contributed by atoms with Crippen LogP contribution in [0.4, 0.5) is 11.4 Å². The largest absolute Gasteiger partial charge is 0.322 e. The van der Waals surface area contributed by atoms with Crippen LogP contribution in [-0.2, 0) is 0 Å². The summed E-state index contributed by atoms with van der Waals surface area (Å²) in [6, 6.07) is 17.4. The van der Waals surface area contributed by atoms with E-state index in [9.17, 15) is 19.7 Å². The van der Waals surface area contributed by atoms with Gasteiger partial charge in [-0.25, -0.2) is 4.98 Å². The molecule has 9 heteroatoms. The lowest BCUT2D eigenvalue weighted by molar-refractivity contribution is -0.384. The highest BCUT2D eigenvalue weighted by atomic mass is 35.5. The standard InChI is InChI=1S/C22H15ClN4O4/c1-13-24-20-8-3-2-7-17(20)22(29)26(13)15-6-4-5-14(11-15)25-21(28)18-12-16(27(30)31)9-10-19(18)23/h2-12H,1H3,(H,25,28). The number of rotatable bonds is 4. The lowest BCUT2D eigenvalue weighted by Gasteiger charge is -2.13. The molecule has 0 aliphatic carbocycles. The first-order chi connectivity index (χ1) is 14.8. The second-order valence-electron chi connectivity index (χ2n) is 6.74. The molecule has 1 N–H and O–H groups in total. The van der Waals surface area contributed by atoms with Crippen LogP contribution in [0.1, 0.15) is 16.2 Å². The molecule has 0 aliphatic heterocycles. The van der Waals surface area contributed by atoms with Gasteiger partial charge in [0.05, 0.1) is 32.1 Å². The Morgan fingerprint density at radius 2 is 1.87 bits per heavy atom. The molecular weight excluding hydrogens is 420 g/mol. The fourth-order valence-corrected chi connectivity index (χ4v) is 3.47. The number of aromatic nitrogens is 2. The van der Waals surface area contributed by atoms with Crippen LogP contribution in [0.3, 0.4) is 0 Å². The first-order valence-electron chi connectivity index (χ1n) is 9.19. The van der Waals surface area contributed by atoms with Crippen molar-refractivity contribution in [2.24, 2.45) is 0 Å². The Kier molecular flexibility index (Phi) is 5.22. The number of carbonyl (C=O) groups excluding carboxylic acids is 1. The highest BCUT2D eigenvalue weighted by Crippen LogP contribution is 2.24. The molecule has 4 rings (SSSR count). The van der Waals surface area contributed by atoms with E-state index in [0.717, 1.165) is 6.07 Å². The molecule has 0 bridgehead atoms. The molecule has 0 unspecified atom stereocenters. The van der Waals surface area contributed by atoms with Crippen molar-refractivity contribution in [2.45, 2.75) is 6.92 Å². The van der Waals surface area contributed by atoms with Crippen molar-refractivity contribution in [3.63, 3.8) is 0 Å². The van der Waals surface area contributed by atoms with Gasteiger partial charge in [-0.2, -0.15) is 0 Å². The highest BCUT2D eigenvalue weighted by Gasteiger charge is 2.17. The van der Waals surface area contributed by atoms with Crippen LogP contribution in [-0.4, -0.2) is 20.4 Å². The van der Waals surface area contributed by atoms with Gasteiger partial charge >= 0.3 is 0 Å². The second kappa shape index (κ2) is 8.00. The van der Waals surface area contributed by atoms with Gasteiger partial charge in [-0.3, -0.25) is 24.3 Å². The van der Waals surface area contributed by atoms with Crippen molar-refractivity contribution in [1.82, 2.24) is 9.55 Å². The number of non-ortho nitro benzene ring substituents is 1. The molecule has 0 saturated carbocycles. The number of benzene rings is 3. The number of hydrogen-bond acceptors (Lipinski definition) is 5. The summed E-state index contributed by atoms with van der Waals surface area (Å²) in [5.41, 5.74) is 1.02. The molecule has 0 fully saturated rings. The molecule has 0 radical (unpaired) electrons. The number of fused-ring (bicyclic) bond motifs is 1. The smallest absolute Gasteiger partial charge is 0.270 e. The summed E-state index contributed by atoms with van der Waals surface area (Å²) < 4.78 is 1.46. The zero-order chi connectivity index (χ0) is 22.1. The summed E-state index contributed by atoms with van der Waals surface area (Å²) in [6.07, 6.45) is 0. The quantitative estimate of drug-likeness (QED) is 0.375. The Hall–Kier alpha value is -4.04. The molecule has 0 aliphatic rings. The topological polar surface area (TPSA) is 107 Å². The minimum Gasteiger partial charge on any atom is -0.322 e. The van der Waals surface area contributed by atoms with Crippen LogP contribution in [0, 0.1) is 17.0 Å². The maximum Gasteiger partial charge on any atom is 0.270 e. The molecule has 154 valence electrons. The maximum atomic E-state index is 13.0. The Balaban J connectivity index is 1.71. The Morgan fingerprint density at radius 1 is 1.10 bits per heavy atom. The predicted molar refractivity (Wildman–Crippen MR) is 118 cm³/mol. The molecule has 31 heavy (non-hydrogen) atoms. The van der Waals surface area contributed by atoms with E-state index in [2.05, 4.69) is 10.3 Å². The zero-order valence-electron chi connectivity index (χ0n) is 16.2. The van der Waals surface area contributed by atoms with Gasteiger partial charge in [0.25, 0.3) is 17.2 Å². The Labute approximate surface area is 180 Å². The van der Waals surface area contributed by atoms with Crippen LogP contribution in [0.2, 0.25) is 5.02 Å². The van der Waals surface area contributed by atoms with Crippen LogP contribution >= 0.6 is 11.6 Å². The third kappa shape index (κ3) is 3.88. The van der Waals surface area contributed by atoms with Crippen molar-refractivity contribution >= 4 is 39.8 Å². The van der Waals surface area contributed by atoms with E-state index >= 15 is 0 Å². The van der Waals surface area contributed by atoms with Crippen LogP contribution in [0.25, 0.3) is 16.6 Å². The third-order valence-electron chi connectivity index (χ3n) is 4.71. The maximum absolute atomic E-state index is 13.0. The van der Waals surface area contributed by atoms with Crippen LogP contribution in [0.5, 0.6) is 0 Å². The van der Waals surface area contributed by atoms with E-state index in [-0.39, 0.29) is 21.8 Å². The summed E-state index contributed by atoms with van der Waals surface area (Å²) in [4.78, 5) is 40.6. The van der Waals surface area contributed by atoms with Gasteiger partial charge in [-0.05, 0) is 43.3 Å². The van der Waals surface area contributed by atoms with Crippen LogP contribution < -0.4 is 10.9 Å². The monoisotopic (exact) mass is 434 g/mol. The summed E-state index contributed by atoms with van der Waals surface area (Å²) in [7, 11) is 0. The van der Waals surface area contributed by atoms with Crippen molar-refractivity contribution in [2.75, 3.05) is 5.32 Å². The molecule has 0 spiro atoms. The van der Waals surface area contributed by atoms with Crippen molar-refractivity contribution in [3.8, 4) is 5.69 Å². The molecule has 0 atom stereocenters. The van der Waals surface area contributed by atoms with Gasteiger partial charge in [0.15, 0.2) is 0 Å². The number of hydrogen-bond donors (Lipinski definition) is 1. The van der Waals surface area contributed by atoms with E-state index in [0.29, 0.717) is 28.1 Å². The number of carbonyl (C=O) groups is 1. The molecule has 3 aromatic carbocycles. The minimum absolute atomic E-state index is 0.0259. The fraction of sp³-hybridized carbons (Fsp3) is 0.0455. The molecular formula is C22H15ClN4O4. The summed E-state index contributed by atoms with van der Waals surface area (Å²) in [5.74, 6) is -0.111. The second-order valence-corrected chi connectivity index (χ2v) is 7.15. The fourth-order valence-electron chi connectivity index (χ4n) is 3.27. The van der Waals surface area contributed by atoms with Crippen LogP contribution in [0.15, 0.2) is 71.5 Å². The summed E-state index contributed by atoms with van der Waals surface area (Å²) in [5, 5.41) is 14.2. The van der Waals surface area contributed by atoms with Crippen molar-refractivity contribution in [1.29, 1.82) is 0 Å². The van der Waals surface area contributed by atoms with Crippen molar-refractivity contribution in [3.05, 3.63) is 104 Å². The first-order valence-corrected chi connectivity index (χ1v) is 9.57. The number of amides is 1. The third-order valence-corrected chi connectivity index (χ3v) is 5.04. The van der Waals surface area contributed by atoms with E-state index in [1.165, 1.54) is 16.7 Å². The van der Waals surface area contributed by atoms with Crippen molar-refractivity contribution < 1.29 is 9.72 Å². The predicted octanol–water partition coefficient (Wildman–Crippen LogP) is 4.51. The number of halogens is 1. The van der Waals surface area contributed by atoms with Gasteiger partial charge in [0.1, 0.15) is 5.82 Å². The van der Waals surface area contributed by atoms with E-state index in [4.69, 9.17) is 11.6 Å². The van der Waals surface area contributed by atoms with E-state index in [1.807, 2.05) is 6.07 Å². The van der Waals surface area contributed by atoms with Gasteiger partial charge < -0.3 is 5.32 Å². The first kappa shape index (κ1) is 20.2. The zero-order valence-corrected chi connectivity index (χ0v) is 17.0. The van der Waals surface area contributed by atoms with E-state index < -0.39 is 10.8 Å². The average molecular weight is 435 g/mol. The molecule has 1 amide bonds. The molecule has 1 heterocycles. The van der Waals surface area contributed by atoms with Gasteiger partial charge in [0, 0.05) is 17.8 Å². The lowest BCUT2D eigenvalue weighted by Crippen LogP contribution is -2.22. The SMILES string of the molecule is Cc1nc2ccccc2c(=O)n1-c1cccc(NC(=O)c2cc([N+](=O)[O-])ccc2Cl)c1. The molecule has 0 saturated heterocycles. The molecule has 8 nitrogen and oxygen atoms in total. The number of para-hydroxylation sites is 1. The Bertz CT molecular complexity index is 1410. The number of nitro benzene ring substituents is 1. The number of anilines is 1. The number of nitrogens with zero attached hydrogens (tertiary/aromatic N) is 3. The summed E-state index contributed by atoms with van der Waals surface area (Å²) in [6.45, 7) is 1.72. The summed E-state index contributed by atoms with van der Waals surface area (Å²) >= 11 is 6.05. The Morgan fingerprint density at radius 3 is 2.65 bits per heavy atom. The molecule has 1 aromatic heterocycles. The highest BCUT2D eigenvalue weighted by molar-refractivity contribution is 6.34. The van der Waals surface area contributed by atoms with Gasteiger partial charge in [0.2, 0.25) is 0 Å². The normalized spacial score (nSPS) is 10.8.